The average Bonchev–Trinajstić information content (AvgIpc) is 3.04. The fraction of sp³-hybridized carbons (Fsp3) is 0.154. The van der Waals surface area contributed by atoms with Gasteiger partial charge in [-0.3, -0.25) is 14.5 Å². The number of aliphatic hydroxyl groups is 1. The van der Waals surface area contributed by atoms with Crippen LogP contribution in [0, 0.1) is 13.8 Å². The minimum Gasteiger partial charge on any atom is -0.507 e. The molecule has 1 aliphatic rings. The van der Waals surface area contributed by atoms with Crippen molar-refractivity contribution in [2.24, 2.45) is 0 Å². The molecule has 1 fully saturated rings. The van der Waals surface area contributed by atoms with Gasteiger partial charge >= 0.3 is 0 Å². The summed E-state index contributed by atoms with van der Waals surface area (Å²) in [6.07, 6.45) is 0. The molecule has 1 N–H and O–H groups in total. The zero-order chi connectivity index (χ0) is 22.1. The van der Waals surface area contributed by atoms with Crippen molar-refractivity contribution in [2.45, 2.75) is 19.9 Å². The molecular weight excluding hydrogens is 390 g/mol. The number of Topliss-reactive ketones (excluding diaryl/α,β-unsaturated/α-hetero) is 1. The molecule has 0 radical (unpaired) electrons. The van der Waals surface area contributed by atoms with E-state index in [-0.39, 0.29) is 11.3 Å². The Labute approximate surface area is 181 Å². The number of aryl methyl sites for hydroxylation is 2. The summed E-state index contributed by atoms with van der Waals surface area (Å²) in [5, 5.41) is 11.2. The molecule has 1 atom stereocenters. The number of rotatable bonds is 4. The van der Waals surface area contributed by atoms with Crippen LogP contribution in [-0.2, 0) is 9.59 Å². The SMILES string of the molecule is COc1cccc(/C(O)=C2\C(=O)C(=O)N(c3cccc(C)c3)C2c2ccccc2C)c1. The van der Waals surface area contributed by atoms with E-state index in [9.17, 15) is 14.7 Å². The number of aliphatic hydroxyl groups excluding tert-OH is 1. The van der Waals surface area contributed by atoms with Crippen LogP contribution in [0.15, 0.2) is 78.4 Å². The summed E-state index contributed by atoms with van der Waals surface area (Å²) < 4.78 is 5.25. The quantitative estimate of drug-likeness (QED) is 0.374. The minimum absolute atomic E-state index is 0.0639. The van der Waals surface area contributed by atoms with Crippen molar-refractivity contribution in [3.05, 3.63) is 101 Å². The predicted octanol–water partition coefficient (Wildman–Crippen LogP) is 4.94. The molecule has 5 heteroatoms. The normalized spacial score (nSPS) is 17.8. The summed E-state index contributed by atoms with van der Waals surface area (Å²) in [7, 11) is 1.53. The third-order valence-electron chi connectivity index (χ3n) is 5.55. The van der Waals surface area contributed by atoms with Crippen molar-refractivity contribution in [1.82, 2.24) is 0 Å². The molecule has 1 heterocycles. The summed E-state index contributed by atoms with van der Waals surface area (Å²) in [5.41, 5.74) is 3.77. The van der Waals surface area contributed by atoms with Crippen LogP contribution in [-0.4, -0.2) is 23.9 Å². The standard InChI is InChI=1S/C26H23NO4/c1-16-8-6-11-19(14-16)27-23(21-13-5-4-9-17(21)2)22(25(29)26(27)30)24(28)18-10-7-12-20(15-18)31-3/h4-15,23,28H,1-3H3/b24-22+. The van der Waals surface area contributed by atoms with Gasteiger partial charge in [0, 0.05) is 11.3 Å². The molecule has 1 aliphatic heterocycles. The van der Waals surface area contributed by atoms with Gasteiger partial charge in [0.15, 0.2) is 0 Å². The fourth-order valence-corrected chi connectivity index (χ4v) is 3.99. The van der Waals surface area contributed by atoms with Crippen LogP contribution in [0.5, 0.6) is 5.75 Å². The lowest BCUT2D eigenvalue weighted by molar-refractivity contribution is -0.132. The summed E-state index contributed by atoms with van der Waals surface area (Å²) >= 11 is 0. The fourth-order valence-electron chi connectivity index (χ4n) is 3.99. The Kier molecular flexibility index (Phi) is 5.34. The highest BCUT2D eigenvalue weighted by molar-refractivity contribution is 6.51. The predicted molar refractivity (Wildman–Crippen MR) is 120 cm³/mol. The van der Waals surface area contributed by atoms with Gasteiger partial charge in [-0.25, -0.2) is 0 Å². The zero-order valence-electron chi connectivity index (χ0n) is 17.6. The molecule has 5 nitrogen and oxygen atoms in total. The molecule has 3 aromatic rings. The first-order valence-electron chi connectivity index (χ1n) is 10.00. The van der Waals surface area contributed by atoms with Gasteiger partial charge in [-0.1, -0.05) is 48.5 Å². The first-order chi connectivity index (χ1) is 14.9. The van der Waals surface area contributed by atoms with Crippen molar-refractivity contribution in [1.29, 1.82) is 0 Å². The second-order valence-corrected chi connectivity index (χ2v) is 7.60. The summed E-state index contributed by atoms with van der Waals surface area (Å²) in [5.74, 6) is -1.05. The number of hydrogen-bond acceptors (Lipinski definition) is 4. The number of methoxy groups -OCH3 is 1. The molecule has 31 heavy (non-hydrogen) atoms. The maximum atomic E-state index is 13.2. The first-order valence-corrected chi connectivity index (χ1v) is 10.00. The minimum atomic E-state index is -0.741. The Morgan fingerprint density at radius 1 is 0.935 bits per heavy atom. The van der Waals surface area contributed by atoms with Gasteiger partial charge in [-0.05, 0) is 54.8 Å². The number of nitrogens with zero attached hydrogens (tertiary/aromatic N) is 1. The number of hydrogen-bond donors (Lipinski definition) is 1. The van der Waals surface area contributed by atoms with Crippen LogP contribution < -0.4 is 9.64 Å². The molecule has 1 saturated heterocycles. The number of carbonyl (C=O) groups excluding carboxylic acids is 2. The largest absolute Gasteiger partial charge is 0.507 e. The third-order valence-corrected chi connectivity index (χ3v) is 5.55. The number of benzene rings is 3. The lowest BCUT2D eigenvalue weighted by Crippen LogP contribution is -2.29. The Morgan fingerprint density at radius 2 is 1.68 bits per heavy atom. The van der Waals surface area contributed by atoms with Crippen LogP contribution in [0.25, 0.3) is 5.76 Å². The Hall–Kier alpha value is -3.86. The molecule has 0 saturated carbocycles. The van der Waals surface area contributed by atoms with Gasteiger partial charge in [0.05, 0.1) is 18.7 Å². The number of amides is 1. The molecule has 0 spiro atoms. The summed E-state index contributed by atoms with van der Waals surface area (Å²) in [6, 6.07) is 21.1. The van der Waals surface area contributed by atoms with Crippen molar-refractivity contribution in [3.63, 3.8) is 0 Å². The van der Waals surface area contributed by atoms with E-state index in [1.54, 1.807) is 30.3 Å². The maximum Gasteiger partial charge on any atom is 0.300 e. The molecule has 3 aromatic carbocycles. The monoisotopic (exact) mass is 413 g/mol. The van der Waals surface area contributed by atoms with Gasteiger partial charge in [0.25, 0.3) is 11.7 Å². The van der Waals surface area contributed by atoms with Gasteiger partial charge in [0.2, 0.25) is 0 Å². The highest BCUT2D eigenvalue weighted by atomic mass is 16.5. The Balaban J connectivity index is 1.98. The lowest BCUT2D eigenvalue weighted by Gasteiger charge is -2.27. The molecule has 156 valence electrons. The van der Waals surface area contributed by atoms with Gasteiger partial charge in [-0.2, -0.15) is 0 Å². The van der Waals surface area contributed by atoms with Crippen LogP contribution in [0.3, 0.4) is 0 Å². The van der Waals surface area contributed by atoms with Crippen molar-refractivity contribution < 1.29 is 19.4 Å². The third kappa shape index (κ3) is 3.59. The molecule has 0 aliphatic carbocycles. The van der Waals surface area contributed by atoms with Crippen LogP contribution >= 0.6 is 0 Å². The van der Waals surface area contributed by atoms with Gasteiger partial charge < -0.3 is 9.84 Å². The first kappa shape index (κ1) is 20.4. The van der Waals surface area contributed by atoms with Crippen molar-refractivity contribution in [2.75, 3.05) is 12.0 Å². The van der Waals surface area contributed by atoms with E-state index in [4.69, 9.17) is 4.74 Å². The highest BCUT2D eigenvalue weighted by Gasteiger charge is 2.47. The number of ketones is 1. The van der Waals surface area contributed by atoms with Gasteiger partial charge in [-0.15, -0.1) is 0 Å². The second kappa shape index (κ2) is 8.11. The summed E-state index contributed by atoms with van der Waals surface area (Å²) in [4.78, 5) is 27.9. The molecular formula is C26H23NO4. The molecule has 0 bridgehead atoms. The van der Waals surface area contributed by atoms with E-state index >= 15 is 0 Å². The second-order valence-electron chi connectivity index (χ2n) is 7.60. The van der Waals surface area contributed by atoms with Crippen molar-refractivity contribution in [3.8, 4) is 5.75 Å². The average molecular weight is 413 g/mol. The number of carbonyl (C=O) groups is 2. The van der Waals surface area contributed by atoms with E-state index in [2.05, 4.69) is 0 Å². The van der Waals surface area contributed by atoms with E-state index < -0.39 is 17.7 Å². The van der Waals surface area contributed by atoms with Gasteiger partial charge in [0.1, 0.15) is 11.5 Å². The topological polar surface area (TPSA) is 66.8 Å². The molecule has 0 aromatic heterocycles. The molecule has 1 unspecified atom stereocenters. The van der Waals surface area contributed by atoms with Crippen LogP contribution in [0.1, 0.15) is 28.3 Å². The van der Waals surface area contributed by atoms with E-state index in [1.807, 2.05) is 56.3 Å². The Morgan fingerprint density at radius 3 is 2.39 bits per heavy atom. The molecule has 1 amide bonds. The lowest BCUT2D eigenvalue weighted by atomic mass is 9.92. The van der Waals surface area contributed by atoms with Crippen LogP contribution in [0.4, 0.5) is 5.69 Å². The van der Waals surface area contributed by atoms with E-state index in [0.717, 1.165) is 16.7 Å². The highest BCUT2D eigenvalue weighted by Crippen LogP contribution is 2.43. The Bertz CT molecular complexity index is 1210. The zero-order valence-corrected chi connectivity index (χ0v) is 17.6. The molecule has 4 rings (SSSR count). The maximum absolute atomic E-state index is 13.2. The van der Waals surface area contributed by atoms with Crippen molar-refractivity contribution >= 4 is 23.1 Å². The number of ether oxygens (including phenoxy) is 1. The van der Waals surface area contributed by atoms with Crippen LogP contribution in [0.2, 0.25) is 0 Å². The smallest absolute Gasteiger partial charge is 0.300 e. The number of anilines is 1. The van der Waals surface area contributed by atoms with E-state index in [0.29, 0.717) is 17.0 Å². The summed E-state index contributed by atoms with van der Waals surface area (Å²) in [6.45, 7) is 3.86. The van der Waals surface area contributed by atoms with E-state index in [1.165, 1.54) is 12.0 Å².